The Labute approximate surface area is 784 Å². The van der Waals surface area contributed by atoms with Crippen LogP contribution in [0.1, 0.15) is 321 Å². The first-order valence-electron chi connectivity index (χ1n) is 49.6. The van der Waals surface area contributed by atoms with Gasteiger partial charge in [0.05, 0.1) is 76.1 Å². The number of aromatic hydroxyl groups is 1. The summed E-state index contributed by atoms with van der Waals surface area (Å²) in [6.07, 6.45) is 36.1. The third-order valence-electron chi connectivity index (χ3n) is 24.4. The lowest BCUT2D eigenvalue weighted by molar-refractivity contribution is -0.386. The number of phenols is 1. The molecule has 0 aromatic heterocycles. The van der Waals surface area contributed by atoms with Crippen molar-refractivity contribution in [2.24, 2.45) is 66.2 Å². The molecule has 20 nitrogen and oxygen atoms in total. The predicted molar refractivity (Wildman–Crippen MR) is 548 cm³/mol. The van der Waals surface area contributed by atoms with Gasteiger partial charge in [-0.2, -0.15) is 25.6 Å². The monoisotopic (exact) mass is 1790 g/mol. The highest BCUT2D eigenvalue weighted by atomic mass is 16.6. The molecule has 0 aliphatic carbocycles. The van der Waals surface area contributed by atoms with Gasteiger partial charge in [-0.15, -0.1) is 5.11 Å². The summed E-state index contributed by atoms with van der Waals surface area (Å²) in [4.78, 5) is 22.9. The summed E-state index contributed by atoms with van der Waals surface area (Å²) in [5, 5.41) is 58.0. The van der Waals surface area contributed by atoms with Gasteiger partial charge in [-0.25, -0.2) is 0 Å². The number of nitrogens with zero attached hydrogens (tertiary/aromatic N) is 9. The Balaban J connectivity index is 0.000000385. The maximum absolute atomic E-state index is 11.0. The van der Waals surface area contributed by atoms with Crippen LogP contribution in [-0.2, 0) is 12.8 Å². The number of nitro groups is 2. The van der Waals surface area contributed by atoms with Gasteiger partial charge in [0.1, 0.15) is 22.9 Å². The maximum Gasteiger partial charge on any atom is 0.311 e. The summed E-state index contributed by atoms with van der Waals surface area (Å²) in [6.45, 7) is 48.2. The van der Waals surface area contributed by atoms with Crippen LogP contribution in [0.2, 0.25) is 0 Å². The van der Waals surface area contributed by atoms with Gasteiger partial charge in [-0.3, -0.25) is 20.2 Å². The number of aryl methyl sites for hydroxylation is 8. The van der Waals surface area contributed by atoms with Gasteiger partial charge in [0.2, 0.25) is 0 Å². The van der Waals surface area contributed by atoms with Crippen LogP contribution in [0.15, 0.2) is 176 Å². The van der Waals surface area contributed by atoms with E-state index in [9.17, 15) is 20.2 Å². The largest absolute Gasteiger partial charge is 0.502 e. The lowest BCUT2D eigenvalue weighted by Crippen LogP contribution is -2.34. The van der Waals surface area contributed by atoms with Crippen molar-refractivity contribution >= 4 is 62.6 Å². The van der Waals surface area contributed by atoms with Gasteiger partial charge in [0, 0.05) is 43.0 Å². The first-order chi connectivity index (χ1) is 62.7. The highest BCUT2D eigenvalue weighted by molar-refractivity contribution is 5.65. The zero-order valence-corrected chi connectivity index (χ0v) is 83.7. The molecule has 5 N–H and O–H groups in total. The zero-order valence-electron chi connectivity index (χ0n) is 83.7. The molecule has 0 spiro atoms. The molecule has 6 atom stereocenters. The number of azo groups is 3. The molecule has 0 aliphatic rings. The van der Waals surface area contributed by atoms with Gasteiger partial charge >= 0.3 is 11.4 Å². The average Bonchev–Trinajstić information content (AvgIpc) is 0.817. The summed E-state index contributed by atoms with van der Waals surface area (Å²) >= 11 is 0. The quantitative estimate of drug-likeness (QED) is 0.0139. The van der Waals surface area contributed by atoms with E-state index < -0.39 is 4.92 Å². The molecule has 0 radical (unpaired) electrons. The Morgan fingerprint density at radius 2 is 0.669 bits per heavy atom. The van der Waals surface area contributed by atoms with Crippen LogP contribution in [0, 0.1) is 97.3 Å². The molecule has 6 unspecified atom stereocenters. The summed E-state index contributed by atoms with van der Waals surface area (Å²) in [5.41, 5.74) is 28.2. The number of anilines is 3. The van der Waals surface area contributed by atoms with Gasteiger partial charge in [0.15, 0.2) is 11.5 Å². The molecule has 716 valence electrons. The minimum Gasteiger partial charge on any atom is -0.502 e. The van der Waals surface area contributed by atoms with Crippen molar-refractivity contribution in [2.75, 3.05) is 55.9 Å². The first-order valence-corrected chi connectivity index (χ1v) is 49.6. The van der Waals surface area contributed by atoms with E-state index in [1.165, 1.54) is 182 Å². The van der Waals surface area contributed by atoms with Crippen LogP contribution in [0.4, 0.5) is 62.6 Å². The van der Waals surface area contributed by atoms with Gasteiger partial charge in [0.25, 0.3) is 0 Å². The summed E-state index contributed by atoms with van der Waals surface area (Å²) < 4.78 is 24.1. The van der Waals surface area contributed by atoms with Crippen LogP contribution in [0.3, 0.4) is 0 Å². The Morgan fingerprint density at radius 1 is 0.331 bits per heavy atom. The molecular formula is C110H167N11O9. The molecular weight excluding hydrogens is 1620 g/mol. The van der Waals surface area contributed by atoms with Crippen LogP contribution in [0.5, 0.6) is 28.7 Å². The van der Waals surface area contributed by atoms with Crippen LogP contribution in [-0.4, -0.2) is 54.5 Å². The Bertz CT molecular complexity index is 4550. The minimum atomic E-state index is -0.609. The molecule has 0 bridgehead atoms. The number of unbranched alkanes of at least 4 members (excludes halogenated alkanes) is 8. The minimum absolute atomic E-state index is 0.0605. The van der Waals surface area contributed by atoms with Crippen LogP contribution in [0.25, 0.3) is 0 Å². The van der Waals surface area contributed by atoms with Crippen molar-refractivity contribution in [2.45, 2.75) is 331 Å². The van der Waals surface area contributed by atoms with Crippen molar-refractivity contribution in [3.63, 3.8) is 0 Å². The standard InChI is InChI=1S/C48H75N5O.C25H37N3O.C15H23NO3.C15H25NO.C7H7NO3/c1-10-17-21-39(14-5)34-53(35-40(15-6)22-18-11-2)44-29-30-45(37(8)31-44)50-52-47-32-38(9)46(33-48(47)54-36-41(16-7)23-19-12-3)51-49-43-27-25-42(26-28-43)24-20-13-4;1-5-8-10-20(7-3)18-29-25-17-24(19(4)16-23(25)26)28-27-22-14-12-21(13-15-22)11-9-6-2;1-4-6-7-13(5-2)11-19-15-9-8-12(3)10-14(15)16(17)18;1-4-6-7-13(5-2)11-17-15-9-8-12(3)10-14(15)16;1-5-2-3-7(9)6(4-5)8(10)11/h25-33,39-41H,10-24,34-36H2,1-9H3;12-17,20H,5-11,18,26H2,1-4H3;8-10,13H,4-7,11H2,1-3H3;8-10,13H,4-7,11,16H2,1-3H3;2-4,9H,1H3. The Kier molecular flexibility index (Phi) is 56.3. The number of nitrogen functional groups attached to an aromatic ring is 2. The topological polar surface area (TPSA) is 273 Å². The maximum atomic E-state index is 11.0. The SMILES string of the molecule is CCCCC(CC)COc1ccc(C)cc1N.CCCCC(CC)COc1ccc(C)cc1[N+](=O)[O-].CCCCc1ccc(N=Nc2cc(OCC(CC)CCCC)c(N)cc2C)cc1.CCCCc1ccc(N=Nc2cc(OCC(CC)CCCC)c(N=Nc3ccc(N(CC(CC)CCCC)CC(CC)CCCC)cc3C)cc2C)cc1.Cc1ccc(O)c([N+](=O)[O-])c1. The number of hydrogen-bond donors (Lipinski definition) is 3. The van der Waals surface area contributed by atoms with E-state index in [4.69, 9.17) is 45.7 Å². The molecule has 0 fully saturated rings. The highest BCUT2D eigenvalue weighted by Gasteiger charge is 2.22. The van der Waals surface area contributed by atoms with Crippen molar-refractivity contribution in [1.82, 2.24) is 0 Å². The average molecular weight is 1790 g/mol. The Morgan fingerprint density at radius 3 is 1.07 bits per heavy atom. The van der Waals surface area contributed by atoms with E-state index in [1.54, 1.807) is 25.1 Å². The van der Waals surface area contributed by atoms with Crippen molar-refractivity contribution in [3.05, 3.63) is 210 Å². The fourth-order valence-electron chi connectivity index (χ4n) is 15.0. The summed E-state index contributed by atoms with van der Waals surface area (Å²) in [5.74, 6) is 5.92. The van der Waals surface area contributed by atoms with Gasteiger partial charge < -0.3 is 40.4 Å². The van der Waals surface area contributed by atoms with Gasteiger partial charge in [-0.05, 0) is 265 Å². The molecule has 8 aromatic rings. The molecule has 0 aliphatic heterocycles. The second-order valence-electron chi connectivity index (χ2n) is 35.6. The second-order valence-corrected chi connectivity index (χ2v) is 35.6. The number of rotatable bonds is 55. The number of nitrogens with two attached hydrogens (primary N) is 2. The molecule has 0 heterocycles. The predicted octanol–water partition coefficient (Wildman–Crippen LogP) is 34.5. The fourth-order valence-corrected chi connectivity index (χ4v) is 15.0. The molecule has 0 amide bonds. The first kappa shape index (κ1) is 112. The fraction of sp³-hybridized carbons (Fsp3) is 0.564. The zero-order chi connectivity index (χ0) is 95.6. The van der Waals surface area contributed by atoms with Crippen molar-refractivity contribution < 1.29 is 33.9 Å². The number of ether oxygens (including phenoxy) is 4. The molecule has 8 rings (SSSR count). The molecule has 0 saturated heterocycles. The van der Waals surface area contributed by atoms with E-state index in [2.05, 4.69) is 191 Å². The number of benzene rings is 8. The third-order valence-corrected chi connectivity index (χ3v) is 24.4. The number of nitro benzene ring substituents is 2. The van der Waals surface area contributed by atoms with E-state index in [1.807, 2.05) is 81.4 Å². The summed E-state index contributed by atoms with van der Waals surface area (Å²) in [7, 11) is 0. The molecule has 0 saturated carbocycles. The lowest BCUT2D eigenvalue weighted by atomic mass is 9.95. The second kappa shape index (κ2) is 65.3. The third kappa shape index (κ3) is 43.2. The highest BCUT2D eigenvalue weighted by Crippen LogP contribution is 2.40. The molecule has 20 heteroatoms. The van der Waals surface area contributed by atoms with E-state index in [0.29, 0.717) is 78.3 Å². The normalized spacial score (nSPS) is 12.6. The smallest absolute Gasteiger partial charge is 0.311 e. The summed E-state index contributed by atoms with van der Waals surface area (Å²) in [6, 6.07) is 46.7. The van der Waals surface area contributed by atoms with Crippen molar-refractivity contribution in [3.8, 4) is 28.7 Å². The lowest BCUT2D eigenvalue weighted by Gasteiger charge is -2.33. The number of hydrogen-bond acceptors (Lipinski definition) is 18. The molecule has 8 aromatic carbocycles. The van der Waals surface area contributed by atoms with Crippen LogP contribution >= 0.6 is 0 Å². The van der Waals surface area contributed by atoms with Crippen LogP contribution < -0.4 is 35.3 Å². The number of phenolic OH excluding ortho intramolecular Hbond substituents is 1. The van der Waals surface area contributed by atoms with E-state index in [-0.39, 0.29) is 22.0 Å². The van der Waals surface area contributed by atoms with Crippen molar-refractivity contribution in [1.29, 1.82) is 0 Å². The van der Waals surface area contributed by atoms with E-state index in [0.717, 1.165) is 138 Å². The van der Waals surface area contributed by atoms with Gasteiger partial charge in [-0.1, -0.05) is 268 Å². The van der Waals surface area contributed by atoms with E-state index >= 15 is 0 Å². The molecule has 130 heavy (non-hydrogen) atoms. The Hall–Kier alpha value is -10.2.